The van der Waals surface area contributed by atoms with Crippen molar-refractivity contribution in [1.29, 1.82) is 0 Å². The number of rotatable bonds is 4. The van der Waals surface area contributed by atoms with Gasteiger partial charge in [0.15, 0.2) is 0 Å². The van der Waals surface area contributed by atoms with Gasteiger partial charge in [-0.2, -0.15) is 0 Å². The summed E-state index contributed by atoms with van der Waals surface area (Å²) in [6.07, 6.45) is 1.44. The normalized spacial score (nSPS) is 20.2. The van der Waals surface area contributed by atoms with E-state index in [4.69, 9.17) is 11.6 Å². The fourth-order valence-electron chi connectivity index (χ4n) is 2.50. The van der Waals surface area contributed by atoms with Crippen molar-refractivity contribution in [3.05, 3.63) is 34.9 Å². The summed E-state index contributed by atoms with van der Waals surface area (Å²) >= 11 is 5.80. The van der Waals surface area contributed by atoms with E-state index in [2.05, 4.69) is 5.32 Å². The first-order valence-corrected chi connectivity index (χ1v) is 8.85. The van der Waals surface area contributed by atoms with Crippen LogP contribution in [-0.4, -0.2) is 38.8 Å². The van der Waals surface area contributed by atoms with Gasteiger partial charge in [0, 0.05) is 25.2 Å². The van der Waals surface area contributed by atoms with E-state index in [9.17, 15) is 13.2 Å². The SMILES string of the molecule is CNC(=O)[C@@H]1CCCN(S(=O)(=O)Cc2ccc(Cl)cc2)C1. The van der Waals surface area contributed by atoms with Crippen LogP contribution in [0.4, 0.5) is 0 Å². The van der Waals surface area contributed by atoms with Gasteiger partial charge < -0.3 is 5.32 Å². The molecular formula is C14H19ClN2O3S. The molecule has 2 rings (SSSR count). The van der Waals surface area contributed by atoms with Gasteiger partial charge in [-0.25, -0.2) is 12.7 Å². The van der Waals surface area contributed by atoms with Crippen molar-refractivity contribution in [3.63, 3.8) is 0 Å². The first-order valence-electron chi connectivity index (χ1n) is 6.86. The monoisotopic (exact) mass is 330 g/mol. The van der Waals surface area contributed by atoms with Crippen LogP contribution in [0.25, 0.3) is 0 Å². The summed E-state index contributed by atoms with van der Waals surface area (Å²) < 4.78 is 26.3. The molecule has 5 nitrogen and oxygen atoms in total. The zero-order valence-electron chi connectivity index (χ0n) is 11.9. The summed E-state index contributed by atoms with van der Waals surface area (Å²) in [5, 5.41) is 3.17. The van der Waals surface area contributed by atoms with Crippen molar-refractivity contribution in [3.8, 4) is 0 Å². The molecule has 0 radical (unpaired) electrons. The molecule has 1 aliphatic rings. The van der Waals surface area contributed by atoms with E-state index in [0.717, 1.165) is 6.42 Å². The topological polar surface area (TPSA) is 66.5 Å². The maximum Gasteiger partial charge on any atom is 0.224 e. The Hall–Kier alpha value is -1.11. The summed E-state index contributed by atoms with van der Waals surface area (Å²) in [6, 6.07) is 6.77. The number of hydrogen-bond acceptors (Lipinski definition) is 3. The Morgan fingerprint density at radius 3 is 2.67 bits per heavy atom. The largest absolute Gasteiger partial charge is 0.359 e. The molecule has 0 aromatic heterocycles. The van der Waals surface area contributed by atoms with Crippen LogP contribution in [0.1, 0.15) is 18.4 Å². The molecule has 21 heavy (non-hydrogen) atoms. The lowest BCUT2D eigenvalue weighted by Gasteiger charge is -2.31. The minimum Gasteiger partial charge on any atom is -0.359 e. The lowest BCUT2D eigenvalue weighted by atomic mass is 9.99. The second kappa shape index (κ2) is 6.77. The Balaban J connectivity index is 2.08. The lowest BCUT2D eigenvalue weighted by molar-refractivity contribution is -0.125. The van der Waals surface area contributed by atoms with E-state index in [1.807, 2.05) is 0 Å². The number of carbonyl (C=O) groups excluding carboxylic acids is 1. The third-order valence-electron chi connectivity index (χ3n) is 3.66. The number of sulfonamides is 1. The van der Waals surface area contributed by atoms with Crippen LogP contribution < -0.4 is 5.32 Å². The molecule has 0 bridgehead atoms. The fourth-order valence-corrected chi connectivity index (χ4v) is 4.23. The second-order valence-electron chi connectivity index (χ2n) is 5.19. The van der Waals surface area contributed by atoms with Gasteiger partial charge in [-0.1, -0.05) is 23.7 Å². The van der Waals surface area contributed by atoms with E-state index >= 15 is 0 Å². The van der Waals surface area contributed by atoms with E-state index in [0.29, 0.717) is 23.6 Å². The predicted octanol–water partition coefficient (Wildman–Crippen LogP) is 1.63. The molecule has 1 fully saturated rings. The van der Waals surface area contributed by atoms with Gasteiger partial charge in [0.05, 0.1) is 11.7 Å². The maximum atomic E-state index is 12.5. The third-order valence-corrected chi connectivity index (χ3v) is 5.73. The van der Waals surface area contributed by atoms with E-state index < -0.39 is 10.0 Å². The molecular weight excluding hydrogens is 312 g/mol. The number of carbonyl (C=O) groups is 1. The summed E-state index contributed by atoms with van der Waals surface area (Å²) in [6.45, 7) is 0.735. The zero-order valence-corrected chi connectivity index (χ0v) is 13.5. The van der Waals surface area contributed by atoms with Gasteiger partial charge in [0.25, 0.3) is 0 Å². The highest BCUT2D eigenvalue weighted by Crippen LogP contribution is 2.22. The number of piperidine rings is 1. The van der Waals surface area contributed by atoms with Crippen molar-refractivity contribution in [2.75, 3.05) is 20.1 Å². The van der Waals surface area contributed by atoms with Crippen LogP contribution in [-0.2, 0) is 20.6 Å². The van der Waals surface area contributed by atoms with Crippen LogP contribution in [0, 0.1) is 5.92 Å². The third kappa shape index (κ3) is 4.18. The van der Waals surface area contributed by atoms with Crippen LogP contribution in [0.15, 0.2) is 24.3 Å². The highest BCUT2D eigenvalue weighted by Gasteiger charge is 2.31. The molecule has 0 unspecified atom stereocenters. The first-order chi connectivity index (χ1) is 9.92. The molecule has 1 aliphatic heterocycles. The zero-order chi connectivity index (χ0) is 15.5. The van der Waals surface area contributed by atoms with Crippen molar-refractivity contribution >= 4 is 27.5 Å². The summed E-state index contributed by atoms with van der Waals surface area (Å²) in [5.41, 5.74) is 0.696. The van der Waals surface area contributed by atoms with E-state index in [1.54, 1.807) is 31.3 Å². The molecule has 1 saturated heterocycles. The average molecular weight is 331 g/mol. The highest BCUT2D eigenvalue weighted by molar-refractivity contribution is 7.88. The Kier molecular flexibility index (Phi) is 5.24. The molecule has 1 atom stereocenters. The molecule has 1 aromatic carbocycles. The molecule has 1 N–H and O–H groups in total. The lowest BCUT2D eigenvalue weighted by Crippen LogP contribution is -2.45. The molecule has 0 spiro atoms. The van der Waals surface area contributed by atoms with Gasteiger partial charge >= 0.3 is 0 Å². The van der Waals surface area contributed by atoms with Crippen LogP contribution in [0.3, 0.4) is 0 Å². The molecule has 0 aliphatic carbocycles. The molecule has 116 valence electrons. The van der Waals surface area contributed by atoms with E-state index in [-0.39, 0.29) is 24.1 Å². The summed E-state index contributed by atoms with van der Waals surface area (Å²) in [7, 11) is -1.84. The Morgan fingerprint density at radius 2 is 2.05 bits per heavy atom. The number of benzene rings is 1. The summed E-state index contributed by atoms with van der Waals surface area (Å²) in [4.78, 5) is 11.7. The number of nitrogens with one attached hydrogen (secondary N) is 1. The number of halogens is 1. The number of nitrogens with zero attached hydrogens (tertiary/aromatic N) is 1. The van der Waals surface area contributed by atoms with Gasteiger partial charge in [-0.15, -0.1) is 0 Å². The van der Waals surface area contributed by atoms with E-state index in [1.165, 1.54) is 4.31 Å². The van der Waals surface area contributed by atoms with Crippen molar-refractivity contribution < 1.29 is 13.2 Å². The molecule has 1 amide bonds. The van der Waals surface area contributed by atoms with Crippen LogP contribution in [0.2, 0.25) is 5.02 Å². The van der Waals surface area contributed by atoms with Gasteiger partial charge in [-0.05, 0) is 30.5 Å². The predicted molar refractivity (Wildman–Crippen MR) is 82.4 cm³/mol. The Morgan fingerprint density at radius 1 is 1.38 bits per heavy atom. The minimum absolute atomic E-state index is 0.0648. The van der Waals surface area contributed by atoms with Crippen LogP contribution >= 0.6 is 11.6 Å². The molecule has 1 heterocycles. The van der Waals surface area contributed by atoms with Gasteiger partial charge in [0.1, 0.15) is 0 Å². The van der Waals surface area contributed by atoms with Gasteiger partial charge in [0.2, 0.25) is 15.9 Å². The average Bonchev–Trinajstić information content (AvgIpc) is 2.49. The molecule has 7 heteroatoms. The smallest absolute Gasteiger partial charge is 0.224 e. The molecule has 1 aromatic rings. The maximum absolute atomic E-state index is 12.5. The first kappa shape index (κ1) is 16.3. The highest BCUT2D eigenvalue weighted by atomic mass is 35.5. The Labute approximate surface area is 130 Å². The molecule has 0 saturated carbocycles. The van der Waals surface area contributed by atoms with Crippen molar-refractivity contribution in [1.82, 2.24) is 9.62 Å². The minimum atomic E-state index is -3.41. The van der Waals surface area contributed by atoms with Gasteiger partial charge in [-0.3, -0.25) is 4.79 Å². The quantitative estimate of drug-likeness (QED) is 0.912. The van der Waals surface area contributed by atoms with Crippen molar-refractivity contribution in [2.45, 2.75) is 18.6 Å². The number of amides is 1. The van der Waals surface area contributed by atoms with Crippen molar-refractivity contribution in [2.24, 2.45) is 5.92 Å². The standard InChI is InChI=1S/C14H19ClN2O3S/c1-16-14(18)12-3-2-8-17(9-12)21(19,20)10-11-4-6-13(15)7-5-11/h4-7,12H,2-3,8-10H2,1H3,(H,16,18)/t12-/m1/s1. The number of hydrogen-bond donors (Lipinski definition) is 1. The van der Waals surface area contributed by atoms with Crippen LogP contribution in [0.5, 0.6) is 0 Å². The fraction of sp³-hybridized carbons (Fsp3) is 0.500. The Bertz CT molecular complexity index is 601. The summed E-state index contributed by atoms with van der Waals surface area (Å²) in [5.74, 6) is -0.421. The second-order valence-corrected chi connectivity index (χ2v) is 7.60.